The molecule has 6 heteroatoms. The van der Waals surface area contributed by atoms with Crippen LogP contribution in [-0.2, 0) is 6.54 Å². The van der Waals surface area contributed by atoms with Crippen molar-refractivity contribution in [1.82, 2.24) is 9.55 Å². The summed E-state index contributed by atoms with van der Waals surface area (Å²) < 4.78 is 1.85. The van der Waals surface area contributed by atoms with Crippen LogP contribution >= 0.6 is 11.6 Å². The van der Waals surface area contributed by atoms with Crippen molar-refractivity contribution in [2.45, 2.75) is 6.54 Å². The van der Waals surface area contributed by atoms with Crippen LogP contribution in [0, 0.1) is 0 Å². The van der Waals surface area contributed by atoms with Crippen LogP contribution in [0.15, 0.2) is 61.1 Å². The van der Waals surface area contributed by atoms with Crippen molar-refractivity contribution in [2.75, 3.05) is 11.1 Å². The number of hydrogen-bond donors (Lipinski definition) is 2. The van der Waals surface area contributed by atoms with Gasteiger partial charge in [0.25, 0.3) is 5.91 Å². The molecule has 2 aromatic carbocycles. The molecule has 0 unspecified atom stereocenters. The molecule has 1 heterocycles. The van der Waals surface area contributed by atoms with Crippen molar-refractivity contribution >= 4 is 28.9 Å². The zero-order valence-corrected chi connectivity index (χ0v) is 13.0. The van der Waals surface area contributed by atoms with Gasteiger partial charge in [0.05, 0.1) is 6.33 Å². The van der Waals surface area contributed by atoms with Gasteiger partial charge in [-0.05, 0) is 35.9 Å². The first-order chi connectivity index (χ1) is 11.1. The second-order valence-corrected chi connectivity index (χ2v) is 5.57. The summed E-state index contributed by atoms with van der Waals surface area (Å²) >= 11 is 5.90. The monoisotopic (exact) mass is 326 g/mol. The maximum Gasteiger partial charge on any atom is 0.275 e. The molecule has 1 aromatic heterocycles. The van der Waals surface area contributed by atoms with Crippen LogP contribution in [0.4, 0.5) is 11.4 Å². The topological polar surface area (TPSA) is 72.9 Å². The lowest BCUT2D eigenvalue weighted by molar-refractivity contribution is 0.102. The Balaban J connectivity index is 1.68. The molecular formula is C17H15ClN4O. The number of nitrogen functional groups attached to an aromatic ring is 1. The van der Waals surface area contributed by atoms with Gasteiger partial charge in [-0.1, -0.05) is 29.8 Å². The van der Waals surface area contributed by atoms with E-state index in [-0.39, 0.29) is 5.91 Å². The molecule has 0 atom stereocenters. The van der Waals surface area contributed by atoms with Crippen molar-refractivity contribution in [3.8, 4) is 0 Å². The van der Waals surface area contributed by atoms with Crippen LogP contribution in [0.2, 0.25) is 5.02 Å². The van der Waals surface area contributed by atoms with Crippen LogP contribution in [0.25, 0.3) is 0 Å². The van der Waals surface area contributed by atoms with Crippen molar-refractivity contribution in [2.24, 2.45) is 0 Å². The van der Waals surface area contributed by atoms with Gasteiger partial charge in [-0.15, -0.1) is 0 Å². The number of hydrogen-bond acceptors (Lipinski definition) is 3. The van der Waals surface area contributed by atoms with E-state index in [1.807, 2.05) is 28.8 Å². The molecule has 0 spiro atoms. The lowest BCUT2D eigenvalue weighted by Crippen LogP contribution is -2.12. The Kier molecular flexibility index (Phi) is 4.30. The van der Waals surface area contributed by atoms with Gasteiger partial charge in [-0.3, -0.25) is 4.79 Å². The molecular weight excluding hydrogens is 312 g/mol. The summed E-state index contributed by atoms with van der Waals surface area (Å²) in [5.74, 6) is -0.275. The third kappa shape index (κ3) is 3.90. The summed E-state index contributed by atoms with van der Waals surface area (Å²) in [6.45, 7) is 0.623. The highest BCUT2D eigenvalue weighted by molar-refractivity contribution is 6.30. The predicted molar refractivity (Wildman–Crippen MR) is 91.6 cm³/mol. The van der Waals surface area contributed by atoms with Crippen LogP contribution in [0.3, 0.4) is 0 Å². The number of carbonyl (C=O) groups excluding carboxylic acids is 1. The molecule has 23 heavy (non-hydrogen) atoms. The maximum absolute atomic E-state index is 12.2. The number of aromatic nitrogens is 2. The number of rotatable bonds is 4. The fourth-order valence-corrected chi connectivity index (χ4v) is 2.35. The van der Waals surface area contributed by atoms with Gasteiger partial charge in [-0.2, -0.15) is 0 Å². The van der Waals surface area contributed by atoms with Gasteiger partial charge < -0.3 is 15.6 Å². The highest BCUT2D eigenvalue weighted by Gasteiger charge is 2.10. The number of nitrogens with two attached hydrogens (primary N) is 1. The number of benzene rings is 2. The number of anilines is 2. The largest absolute Gasteiger partial charge is 0.399 e. The SMILES string of the molecule is Nc1ccc(Cn2cnc(C(=O)Nc3cccc(Cl)c3)c2)cc1. The second kappa shape index (κ2) is 6.54. The van der Waals surface area contributed by atoms with Gasteiger partial charge in [0.2, 0.25) is 0 Å². The Morgan fingerprint density at radius 1 is 1.22 bits per heavy atom. The Bertz CT molecular complexity index is 827. The zero-order chi connectivity index (χ0) is 16.2. The first kappa shape index (κ1) is 15.1. The molecule has 116 valence electrons. The average molecular weight is 327 g/mol. The third-order valence-electron chi connectivity index (χ3n) is 3.29. The number of amides is 1. The zero-order valence-electron chi connectivity index (χ0n) is 12.2. The Morgan fingerprint density at radius 3 is 2.74 bits per heavy atom. The van der Waals surface area contributed by atoms with Crippen LogP contribution < -0.4 is 11.1 Å². The number of nitrogens with zero attached hydrogens (tertiary/aromatic N) is 2. The number of imidazole rings is 1. The Morgan fingerprint density at radius 2 is 2.00 bits per heavy atom. The van der Waals surface area contributed by atoms with Crippen molar-refractivity contribution < 1.29 is 4.79 Å². The molecule has 0 fully saturated rings. The van der Waals surface area contributed by atoms with E-state index in [4.69, 9.17) is 17.3 Å². The summed E-state index contributed by atoms with van der Waals surface area (Å²) in [5.41, 5.74) is 8.45. The van der Waals surface area contributed by atoms with Crippen molar-refractivity contribution in [1.29, 1.82) is 0 Å². The lowest BCUT2D eigenvalue weighted by Gasteiger charge is -2.04. The minimum absolute atomic E-state index is 0.275. The van der Waals surface area contributed by atoms with Gasteiger partial charge in [0, 0.05) is 29.1 Å². The fraction of sp³-hybridized carbons (Fsp3) is 0.0588. The smallest absolute Gasteiger partial charge is 0.275 e. The van der Waals surface area contributed by atoms with E-state index in [2.05, 4.69) is 10.3 Å². The third-order valence-corrected chi connectivity index (χ3v) is 3.53. The van der Waals surface area contributed by atoms with E-state index in [1.165, 1.54) is 0 Å². The van der Waals surface area contributed by atoms with E-state index in [0.717, 1.165) is 11.3 Å². The maximum atomic E-state index is 12.2. The molecule has 0 saturated heterocycles. The molecule has 3 N–H and O–H groups in total. The highest BCUT2D eigenvalue weighted by Crippen LogP contribution is 2.15. The molecule has 3 rings (SSSR count). The van der Waals surface area contributed by atoms with Gasteiger partial charge in [-0.25, -0.2) is 4.98 Å². The van der Waals surface area contributed by atoms with Crippen LogP contribution in [0.1, 0.15) is 16.1 Å². The molecule has 5 nitrogen and oxygen atoms in total. The summed E-state index contributed by atoms with van der Waals surface area (Å²) in [6, 6.07) is 14.6. The standard InChI is InChI=1S/C17H15ClN4O/c18-13-2-1-3-15(8-13)21-17(23)16-10-22(11-20-16)9-12-4-6-14(19)7-5-12/h1-8,10-11H,9,19H2,(H,21,23). The van der Waals surface area contributed by atoms with E-state index < -0.39 is 0 Å². The molecule has 0 saturated carbocycles. The van der Waals surface area contributed by atoms with Crippen molar-refractivity contribution in [3.63, 3.8) is 0 Å². The predicted octanol–water partition coefficient (Wildman–Crippen LogP) is 3.42. The summed E-state index contributed by atoms with van der Waals surface area (Å²) in [7, 11) is 0. The number of halogens is 1. The molecule has 0 radical (unpaired) electrons. The molecule has 0 bridgehead atoms. The highest BCUT2D eigenvalue weighted by atomic mass is 35.5. The van der Waals surface area contributed by atoms with Crippen molar-refractivity contribution in [3.05, 3.63) is 77.3 Å². The first-order valence-electron chi connectivity index (χ1n) is 7.03. The normalized spacial score (nSPS) is 10.5. The minimum Gasteiger partial charge on any atom is -0.399 e. The van der Waals surface area contributed by atoms with Gasteiger partial charge >= 0.3 is 0 Å². The van der Waals surface area contributed by atoms with Gasteiger partial charge in [0.15, 0.2) is 0 Å². The summed E-state index contributed by atoms with van der Waals surface area (Å²) in [4.78, 5) is 16.3. The lowest BCUT2D eigenvalue weighted by atomic mass is 10.2. The Hall–Kier alpha value is -2.79. The average Bonchev–Trinajstić information content (AvgIpc) is 2.98. The summed E-state index contributed by atoms with van der Waals surface area (Å²) in [6.07, 6.45) is 3.33. The second-order valence-electron chi connectivity index (χ2n) is 5.14. The summed E-state index contributed by atoms with van der Waals surface area (Å²) in [5, 5.41) is 3.33. The van der Waals surface area contributed by atoms with E-state index >= 15 is 0 Å². The molecule has 3 aromatic rings. The van der Waals surface area contributed by atoms with Crippen LogP contribution in [-0.4, -0.2) is 15.5 Å². The minimum atomic E-state index is -0.275. The van der Waals surface area contributed by atoms with Crippen LogP contribution in [0.5, 0.6) is 0 Å². The fourth-order valence-electron chi connectivity index (χ4n) is 2.16. The Labute approximate surface area is 138 Å². The van der Waals surface area contributed by atoms with Gasteiger partial charge in [0.1, 0.15) is 5.69 Å². The van der Waals surface area contributed by atoms with E-state index in [1.54, 1.807) is 36.8 Å². The quantitative estimate of drug-likeness (QED) is 0.721. The number of nitrogens with one attached hydrogen (secondary N) is 1. The number of carbonyl (C=O) groups is 1. The molecule has 0 aliphatic heterocycles. The van der Waals surface area contributed by atoms with E-state index in [0.29, 0.717) is 22.9 Å². The molecule has 1 amide bonds. The molecule has 0 aliphatic rings. The van der Waals surface area contributed by atoms with E-state index in [9.17, 15) is 4.79 Å². The first-order valence-corrected chi connectivity index (χ1v) is 7.41. The molecule has 0 aliphatic carbocycles.